The zero-order chi connectivity index (χ0) is 54.3. The van der Waals surface area contributed by atoms with Crippen LogP contribution in [0.25, 0.3) is 0 Å². The summed E-state index contributed by atoms with van der Waals surface area (Å²) in [7, 11) is 1.49. The van der Waals surface area contributed by atoms with Gasteiger partial charge in [0.25, 0.3) is 0 Å². The number of allylic oxidation sites excluding steroid dienone is 7. The van der Waals surface area contributed by atoms with E-state index in [0.717, 1.165) is 89.9 Å². The Morgan fingerprint density at radius 1 is 0.486 bits per heavy atom. The second kappa shape index (κ2) is 54.3. The van der Waals surface area contributed by atoms with Crippen LogP contribution < -0.4 is 5.32 Å². The molecule has 0 aromatic rings. The van der Waals surface area contributed by atoms with Crippen LogP contribution in [0.1, 0.15) is 297 Å². The minimum absolute atomic E-state index is 0.0364. The largest absolute Gasteiger partial charge is 0.472 e. The third-order valence-corrected chi connectivity index (χ3v) is 15.0. The summed E-state index contributed by atoms with van der Waals surface area (Å²) in [4.78, 5) is 37.6. The molecule has 0 spiro atoms. The van der Waals surface area contributed by atoms with Crippen molar-refractivity contribution in [3.8, 4) is 0 Å². The number of nitrogens with zero attached hydrogens (tertiary/aromatic N) is 1. The molecule has 9 nitrogen and oxygen atoms in total. The normalized spacial score (nSPS) is 14.0. The highest BCUT2D eigenvalue weighted by atomic mass is 31.2. The number of rotatable bonds is 57. The summed E-state index contributed by atoms with van der Waals surface area (Å²) in [6, 6.07) is -0.857. The van der Waals surface area contributed by atoms with Crippen LogP contribution in [-0.4, -0.2) is 74.3 Å². The molecule has 1 amide bonds. The minimum Gasteiger partial charge on any atom is -0.456 e. The van der Waals surface area contributed by atoms with Crippen LogP contribution in [0.2, 0.25) is 0 Å². The lowest BCUT2D eigenvalue weighted by Crippen LogP contribution is -2.47. The van der Waals surface area contributed by atoms with Gasteiger partial charge in [-0.1, -0.05) is 269 Å². The van der Waals surface area contributed by atoms with Gasteiger partial charge in [0.1, 0.15) is 19.3 Å². The van der Waals surface area contributed by atoms with Crippen LogP contribution in [0.3, 0.4) is 0 Å². The van der Waals surface area contributed by atoms with Crippen molar-refractivity contribution >= 4 is 19.7 Å². The summed E-state index contributed by atoms with van der Waals surface area (Å²) in [5.41, 5.74) is 0. The SMILES string of the molecule is CC/C=C/C/C=C/C/C=C/CCCCCCC(=O)NC(COP(=O)(O)OCC[N+](C)(C)C)C(/C=C\CCCCCCCCCCC)OC(=O)CCCCCCCCCCCCCCCCCCCCCCCCC. The summed E-state index contributed by atoms with van der Waals surface area (Å²) >= 11 is 0. The standard InChI is InChI=1S/C64H121N2O7P/c1-7-10-13-16-19-22-25-27-29-30-31-32-33-34-35-36-37-39-42-45-48-51-54-57-64(68)73-62(55-52-49-46-43-40-24-21-18-15-12-9-3)61(60-72-74(69,70)71-59-58-66(4,5)6)65-63(67)56-53-50-47-44-41-38-28-26-23-20-17-14-11-8-2/h11,14,20,23,28,38,52,55,61-62H,7-10,12-13,15-19,21-22,24-27,29-37,39-51,53-54,56-60H2,1-6H3,(H-,65,67,69,70)/p+1/b14-11+,23-20+,38-28+,55-52-. The summed E-state index contributed by atoms with van der Waals surface area (Å²) in [5.74, 6) is -0.521. The van der Waals surface area contributed by atoms with Gasteiger partial charge in [0.15, 0.2) is 0 Å². The first-order valence-electron chi connectivity index (χ1n) is 31.5. The molecule has 0 saturated carbocycles. The second-order valence-corrected chi connectivity index (χ2v) is 24.0. The number of hydrogen-bond acceptors (Lipinski definition) is 6. The number of phosphoric ester groups is 1. The third kappa shape index (κ3) is 54.7. The van der Waals surface area contributed by atoms with E-state index < -0.39 is 20.0 Å². The third-order valence-electron chi connectivity index (χ3n) is 14.0. The summed E-state index contributed by atoms with van der Waals surface area (Å²) in [5, 5.41) is 3.04. The Morgan fingerprint density at radius 2 is 0.865 bits per heavy atom. The first kappa shape index (κ1) is 72.0. The molecule has 74 heavy (non-hydrogen) atoms. The number of phosphoric acid groups is 1. The predicted octanol–water partition coefficient (Wildman–Crippen LogP) is 19.3. The fraction of sp³-hybridized carbons (Fsp3) is 0.844. The maximum Gasteiger partial charge on any atom is 0.472 e. The molecule has 434 valence electrons. The number of carbonyl (C=O) groups is 2. The van der Waals surface area contributed by atoms with Crippen molar-refractivity contribution in [2.45, 2.75) is 309 Å². The molecule has 0 aromatic heterocycles. The van der Waals surface area contributed by atoms with Gasteiger partial charge in [-0.3, -0.25) is 18.6 Å². The van der Waals surface area contributed by atoms with Crippen molar-refractivity contribution < 1.29 is 37.3 Å². The predicted molar refractivity (Wildman–Crippen MR) is 319 cm³/mol. The summed E-state index contributed by atoms with van der Waals surface area (Å²) < 4.78 is 30.7. The number of ether oxygens (including phenoxy) is 1. The van der Waals surface area contributed by atoms with Gasteiger partial charge in [-0.05, 0) is 63.9 Å². The number of hydrogen-bond donors (Lipinski definition) is 2. The Hall–Kier alpha value is -2.03. The lowest BCUT2D eigenvalue weighted by Gasteiger charge is -2.27. The van der Waals surface area contributed by atoms with E-state index in [1.807, 2.05) is 33.3 Å². The first-order valence-corrected chi connectivity index (χ1v) is 33.0. The Balaban J connectivity index is 5.11. The number of likely N-dealkylation sites (N-methyl/N-ethyl adjacent to an activating group) is 1. The van der Waals surface area contributed by atoms with Gasteiger partial charge in [-0.15, -0.1) is 0 Å². The van der Waals surface area contributed by atoms with Crippen LogP contribution in [-0.2, 0) is 27.9 Å². The molecule has 3 unspecified atom stereocenters. The maximum absolute atomic E-state index is 13.5. The molecule has 0 bridgehead atoms. The molecular weight excluding hydrogens is 940 g/mol. The monoisotopic (exact) mass is 1060 g/mol. The van der Waals surface area contributed by atoms with E-state index in [1.165, 1.54) is 173 Å². The average molecular weight is 1060 g/mol. The van der Waals surface area contributed by atoms with E-state index in [4.69, 9.17) is 13.8 Å². The van der Waals surface area contributed by atoms with Gasteiger partial charge in [0.2, 0.25) is 5.91 Å². The van der Waals surface area contributed by atoms with E-state index >= 15 is 0 Å². The second-order valence-electron chi connectivity index (χ2n) is 22.6. The zero-order valence-electron chi connectivity index (χ0n) is 49.6. The Bertz CT molecular complexity index is 1410. The molecule has 10 heteroatoms. The molecule has 0 aliphatic carbocycles. The minimum atomic E-state index is -4.45. The van der Waals surface area contributed by atoms with Crippen molar-refractivity contribution in [2.24, 2.45) is 0 Å². The highest BCUT2D eigenvalue weighted by molar-refractivity contribution is 7.47. The van der Waals surface area contributed by atoms with Crippen molar-refractivity contribution in [1.82, 2.24) is 5.32 Å². The van der Waals surface area contributed by atoms with E-state index in [1.54, 1.807) is 0 Å². The lowest BCUT2D eigenvalue weighted by atomic mass is 10.0. The Kier molecular flexibility index (Phi) is 52.8. The van der Waals surface area contributed by atoms with Gasteiger partial charge < -0.3 is 19.4 Å². The van der Waals surface area contributed by atoms with E-state index in [2.05, 4.69) is 62.5 Å². The maximum atomic E-state index is 13.5. The molecular formula is C64H122N2O7P+. The van der Waals surface area contributed by atoms with Crippen molar-refractivity contribution in [3.05, 3.63) is 48.6 Å². The van der Waals surface area contributed by atoms with Gasteiger partial charge in [0.05, 0.1) is 33.8 Å². The summed E-state index contributed by atoms with van der Waals surface area (Å²) in [6.07, 6.45) is 67.0. The first-order chi connectivity index (χ1) is 35.9. The van der Waals surface area contributed by atoms with Crippen molar-refractivity contribution in [3.63, 3.8) is 0 Å². The topological polar surface area (TPSA) is 111 Å². The van der Waals surface area contributed by atoms with Crippen molar-refractivity contribution in [2.75, 3.05) is 40.9 Å². The lowest BCUT2D eigenvalue weighted by molar-refractivity contribution is -0.870. The van der Waals surface area contributed by atoms with Crippen LogP contribution >= 0.6 is 7.82 Å². The van der Waals surface area contributed by atoms with Crippen LogP contribution in [0.5, 0.6) is 0 Å². The molecule has 0 heterocycles. The molecule has 0 aliphatic rings. The Labute approximate surface area is 458 Å². The number of amides is 1. The van der Waals surface area contributed by atoms with Gasteiger partial charge >= 0.3 is 13.8 Å². The van der Waals surface area contributed by atoms with Crippen LogP contribution in [0, 0.1) is 0 Å². The summed E-state index contributed by atoms with van der Waals surface area (Å²) in [6.45, 7) is 6.90. The highest BCUT2D eigenvalue weighted by Crippen LogP contribution is 2.43. The van der Waals surface area contributed by atoms with Crippen LogP contribution in [0.15, 0.2) is 48.6 Å². The molecule has 0 aliphatic heterocycles. The smallest absolute Gasteiger partial charge is 0.456 e. The molecule has 0 rings (SSSR count). The van der Waals surface area contributed by atoms with Crippen molar-refractivity contribution in [1.29, 1.82) is 0 Å². The van der Waals surface area contributed by atoms with E-state index in [0.29, 0.717) is 23.9 Å². The van der Waals surface area contributed by atoms with E-state index in [9.17, 15) is 19.0 Å². The van der Waals surface area contributed by atoms with E-state index in [-0.39, 0.29) is 25.1 Å². The average Bonchev–Trinajstić information content (AvgIpc) is 3.36. The van der Waals surface area contributed by atoms with Gasteiger partial charge in [0, 0.05) is 12.8 Å². The number of nitrogens with one attached hydrogen (secondary N) is 1. The zero-order valence-corrected chi connectivity index (χ0v) is 50.5. The quantitative estimate of drug-likeness (QED) is 0.0205. The van der Waals surface area contributed by atoms with Crippen LogP contribution in [0.4, 0.5) is 0 Å². The fourth-order valence-corrected chi connectivity index (χ4v) is 9.93. The van der Waals surface area contributed by atoms with Gasteiger partial charge in [-0.25, -0.2) is 4.57 Å². The number of quaternary nitrogens is 1. The number of esters is 1. The highest BCUT2D eigenvalue weighted by Gasteiger charge is 2.30. The van der Waals surface area contributed by atoms with Gasteiger partial charge in [-0.2, -0.15) is 0 Å². The number of carbonyl (C=O) groups excluding carboxylic acids is 2. The molecule has 2 N–H and O–H groups in total. The fourth-order valence-electron chi connectivity index (χ4n) is 9.19. The molecule has 0 aromatic carbocycles. The molecule has 0 fully saturated rings. The molecule has 0 radical (unpaired) electrons. The Morgan fingerprint density at radius 3 is 1.30 bits per heavy atom. The number of unbranched alkanes of at least 4 members (excludes halogenated alkanes) is 35. The molecule has 0 saturated heterocycles. The molecule has 3 atom stereocenters.